The Hall–Kier alpha value is -4.68. The van der Waals surface area contributed by atoms with Crippen LogP contribution in [0.4, 0.5) is 0 Å². The van der Waals surface area contributed by atoms with E-state index in [0.29, 0.717) is 0 Å². The Morgan fingerprint density at radius 1 is 0.289 bits per heavy atom. The minimum absolute atomic E-state index is 1.01. The molecule has 0 saturated heterocycles. The molecule has 2 aliphatic rings. The van der Waals surface area contributed by atoms with Crippen LogP contribution in [0.3, 0.4) is 0 Å². The second-order valence-corrected chi connectivity index (χ2v) is 10.1. The molecule has 0 aliphatic heterocycles. The van der Waals surface area contributed by atoms with Crippen molar-refractivity contribution in [1.29, 1.82) is 0 Å². The van der Waals surface area contributed by atoms with E-state index < -0.39 is 0 Å². The first-order valence-corrected chi connectivity index (χ1v) is 13.4. The highest BCUT2D eigenvalue weighted by Gasteiger charge is 2.24. The molecule has 0 heteroatoms. The molecule has 0 amide bonds. The fraction of sp³-hybridized carbons (Fsp3) is 0.0526. The number of benzene rings is 6. The van der Waals surface area contributed by atoms with E-state index in [2.05, 4.69) is 146 Å². The van der Waals surface area contributed by atoms with Gasteiger partial charge in [0.15, 0.2) is 0 Å². The maximum absolute atomic E-state index is 2.30. The van der Waals surface area contributed by atoms with E-state index in [-0.39, 0.29) is 0 Å². The molecule has 0 atom stereocenters. The van der Waals surface area contributed by atoms with E-state index in [1.54, 1.807) is 0 Å². The molecular weight excluding hydrogens is 456 g/mol. The highest BCUT2D eigenvalue weighted by molar-refractivity contribution is 5.93. The molecule has 0 aromatic heterocycles. The van der Waals surface area contributed by atoms with Crippen molar-refractivity contribution in [3.63, 3.8) is 0 Å². The molecule has 0 fully saturated rings. The van der Waals surface area contributed by atoms with Crippen molar-refractivity contribution in [3.05, 3.63) is 168 Å². The van der Waals surface area contributed by atoms with Crippen molar-refractivity contribution in [3.8, 4) is 44.5 Å². The number of fused-ring (bicyclic) bond motifs is 6. The fourth-order valence-corrected chi connectivity index (χ4v) is 6.08. The summed E-state index contributed by atoms with van der Waals surface area (Å²) in [6, 6.07) is 52.2. The topological polar surface area (TPSA) is 0 Å². The molecule has 0 radical (unpaired) electrons. The van der Waals surface area contributed by atoms with Crippen LogP contribution in [0, 0.1) is 0 Å². The van der Waals surface area contributed by atoms with Gasteiger partial charge >= 0.3 is 0 Å². The zero-order chi connectivity index (χ0) is 25.3. The summed E-state index contributed by atoms with van der Waals surface area (Å²) in [4.78, 5) is 0. The van der Waals surface area contributed by atoms with Gasteiger partial charge in [-0.05, 0) is 79.6 Å². The van der Waals surface area contributed by atoms with Gasteiger partial charge in [-0.3, -0.25) is 0 Å². The summed E-state index contributed by atoms with van der Waals surface area (Å²) in [5.74, 6) is 0. The van der Waals surface area contributed by atoms with Crippen molar-refractivity contribution >= 4 is 0 Å². The third kappa shape index (κ3) is 3.96. The first kappa shape index (κ1) is 22.5. The monoisotopic (exact) mass is 484 g/mol. The maximum Gasteiger partial charge on any atom is -0.000706 e. The summed E-state index contributed by atoms with van der Waals surface area (Å²) in [5.41, 5.74) is 16.7. The van der Waals surface area contributed by atoms with Crippen LogP contribution in [0.2, 0.25) is 0 Å². The van der Waals surface area contributed by atoms with Crippen LogP contribution in [0.5, 0.6) is 0 Å². The van der Waals surface area contributed by atoms with Gasteiger partial charge < -0.3 is 0 Å². The van der Waals surface area contributed by atoms with Crippen molar-refractivity contribution in [2.75, 3.05) is 0 Å². The van der Waals surface area contributed by atoms with Gasteiger partial charge in [-0.2, -0.15) is 0 Å². The Balaban J connectivity index is 0.000000156. The molecule has 0 N–H and O–H groups in total. The van der Waals surface area contributed by atoms with Gasteiger partial charge in [0.25, 0.3) is 0 Å². The van der Waals surface area contributed by atoms with Crippen LogP contribution in [-0.4, -0.2) is 0 Å². The second kappa shape index (κ2) is 9.65. The van der Waals surface area contributed by atoms with Gasteiger partial charge in [0.1, 0.15) is 0 Å². The van der Waals surface area contributed by atoms with Crippen LogP contribution >= 0.6 is 0 Å². The van der Waals surface area contributed by atoms with Gasteiger partial charge in [-0.15, -0.1) is 0 Å². The standard InChI is InChI=1S/C25H18.C13H10/c1-3-9-18(10-4-1)22-15-16-23-21-14-8-7-13-20(21)17-24(23)25(22)19-11-5-2-6-12-19;1-3-7-12-10(5-1)9-11-6-2-4-8-13(11)12/h1-16H,17H2;1-8H,9H2. The van der Waals surface area contributed by atoms with Crippen molar-refractivity contribution in [2.24, 2.45) is 0 Å². The molecule has 0 nitrogen and oxygen atoms in total. The molecular formula is C38H28. The minimum atomic E-state index is 1.01. The average molecular weight is 485 g/mol. The zero-order valence-corrected chi connectivity index (χ0v) is 21.3. The van der Waals surface area contributed by atoms with E-state index >= 15 is 0 Å². The normalized spacial score (nSPS) is 12.0. The number of rotatable bonds is 2. The average Bonchev–Trinajstić information content (AvgIpc) is 3.56. The van der Waals surface area contributed by atoms with Crippen molar-refractivity contribution in [1.82, 2.24) is 0 Å². The lowest BCUT2D eigenvalue weighted by Crippen LogP contribution is -1.92. The van der Waals surface area contributed by atoms with E-state index in [0.717, 1.165) is 12.8 Å². The molecule has 8 rings (SSSR count). The molecule has 6 aromatic carbocycles. The predicted molar refractivity (Wildman–Crippen MR) is 160 cm³/mol. The first-order valence-electron chi connectivity index (χ1n) is 13.4. The van der Waals surface area contributed by atoms with Crippen molar-refractivity contribution < 1.29 is 0 Å². The minimum Gasteiger partial charge on any atom is -0.0622 e. The lowest BCUT2D eigenvalue weighted by molar-refractivity contribution is 1.26. The van der Waals surface area contributed by atoms with Gasteiger partial charge in [0.05, 0.1) is 0 Å². The van der Waals surface area contributed by atoms with E-state index in [9.17, 15) is 0 Å². The van der Waals surface area contributed by atoms with Gasteiger partial charge in [0.2, 0.25) is 0 Å². The van der Waals surface area contributed by atoms with Crippen LogP contribution in [0.15, 0.2) is 146 Å². The summed E-state index contributed by atoms with van der Waals surface area (Å²) >= 11 is 0. The summed E-state index contributed by atoms with van der Waals surface area (Å²) in [7, 11) is 0. The molecule has 2 aliphatic carbocycles. The summed E-state index contributed by atoms with van der Waals surface area (Å²) in [5, 5.41) is 0. The number of hydrogen-bond acceptors (Lipinski definition) is 0. The molecule has 0 bridgehead atoms. The SMILES string of the molecule is c1ccc(-c2ccc3c(c2-c2ccccc2)Cc2ccccc2-3)cc1.c1ccc2c(c1)Cc1ccccc1-2. The largest absolute Gasteiger partial charge is 0.0622 e. The Morgan fingerprint density at radius 3 is 1.29 bits per heavy atom. The third-order valence-electron chi connectivity index (χ3n) is 7.84. The highest BCUT2D eigenvalue weighted by Crippen LogP contribution is 2.45. The van der Waals surface area contributed by atoms with Crippen LogP contribution < -0.4 is 0 Å². The molecule has 0 unspecified atom stereocenters. The van der Waals surface area contributed by atoms with Crippen LogP contribution in [0.1, 0.15) is 22.3 Å². The zero-order valence-electron chi connectivity index (χ0n) is 21.3. The second-order valence-electron chi connectivity index (χ2n) is 10.1. The van der Waals surface area contributed by atoms with E-state index in [1.807, 2.05) is 0 Å². The Kier molecular flexibility index (Phi) is 5.72. The van der Waals surface area contributed by atoms with Crippen molar-refractivity contribution in [2.45, 2.75) is 12.8 Å². The lowest BCUT2D eigenvalue weighted by Gasteiger charge is -2.16. The first-order chi connectivity index (χ1) is 18.9. The summed E-state index contributed by atoms with van der Waals surface area (Å²) < 4.78 is 0. The summed E-state index contributed by atoms with van der Waals surface area (Å²) in [6.45, 7) is 0. The Bertz CT molecular complexity index is 1700. The molecule has 38 heavy (non-hydrogen) atoms. The van der Waals surface area contributed by atoms with Crippen LogP contribution in [-0.2, 0) is 12.8 Å². The molecule has 0 spiro atoms. The Morgan fingerprint density at radius 2 is 0.711 bits per heavy atom. The summed E-state index contributed by atoms with van der Waals surface area (Å²) in [6.07, 6.45) is 2.11. The molecule has 0 saturated carbocycles. The quantitative estimate of drug-likeness (QED) is 0.229. The van der Waals surface area contributed by atoms with E-state index in [1.165, 1.54) is 66.8 Å². The van der Waals surface area contributed by atoms with Gasteiger partial charge in [-0.1, -0.05) is 146 Å². The fourth-order valence-electron chi connectivity index (χ4n) is 6.08. The highest BCUT2D eigenvalue weighted by atomic mass is 14.3. The van der Waals surface area contributed by atoms with Gasteiger partial charge in [-0.25, -0.2) is 0 Å². The maximum atomic E-state index is 2.30. The van der Waals surface area contributed by atoms with Crippen LogP contribution in [0.25, 0.3) is 44.5 Å². The predicted octanol–water partition coefficient (Wildman–Crippen LogP) is 9.85. The molecule has 180 valence electrons. The molecule has 0 heterocycles. The third-order valence-corrected chi connectivity index (χ3v) is 7.84. The lowest BCUT2D eigenvalue weighted by atomic mass is 9.88. The smallest absolute Gasteiger partial charge is 0.000706 e. The Labute approximate surface area is 224 Å². The molecule has 6 aromatic rings. The number of hydrogen-bond donors (Lipinski definition) is 0. The van der Waals surface area contributed by atoms with Gasteiger partial charge in [0, 0.05) is 0 Å². The van der Waals surface area contributed by atoms with E-state index in [4.69, 9.17) is 0 Å².